The molecule has 1 saturated carbocycles. The van der Waals surface area contributed by atoms with Crippen LogP contribution in [0.5, 0.6) is 11.5 Å². The third-order valence-electron chi connectivity index (χ3n) is 4.72. The minimum absolute atomic E-state index is 0.0134. The van der Waals surface area contributed by atoms with Gasteiger partial charge in [-0.25, -0.2) is 4.79 Å². The lowest BCUT2D eigenvalue weighted by atomic mass is 9.86. The maximum atomic E-state index is 12.5. The summed E-state index contributed by atoms with van der Waals surface area (Å²) in [7, 11) is 0. The Morgan fingerprint density at radius 2 is 2.04 bits per heavy atom. The zero-order chi connectivity index (χ0) is 20.5. The molecule has 7 nitrogen and oxygen atoms in total. The summed E-state index contributed by atoms with van der Waals surface area (Å²) in [5.74, 6) is -0.429. The van der Waals surface area contributed by atoms with Crippen molar-refractivity contribution in [2.24, 2.45) is 5.92 Å². The third-order valence-corrected chi connectivity index (χ3v) is 4.72. The molecule has 28 heavy (non-hydrogen) atoms. The number of nitrogens with one attached hydrogen (secondary N) is 1. The predicted octanol–water partition coefficient (Wildman–Crippen LogP) is 3.15. The van der Waals surface area contributed by atoms with Crippen LogP contribution in [0.25, 0.3) is 6.08 Å². The number of rotatable bonds is 8. The quantitative estimate of drug-likeness (QED) is 0.525. The van der Waals surface area contributed by atoms with Crippen molar-refractivity contribution in [3.05, 3.63) is 29.3 Å². The van der Waals surface area contributed by atoms with E-state index in [9.17, 15) is 14.9 Å². The standard InChI is InChI=1S/C21H26N2O5/c1-3-27-19-11-15(8-9-18(19)28-13-20(24)25)10-16(12-22)21(26)23-17-7-5-4-6-14(17)2/h8-11,14,17H,3-7,13H2,1-2H3,(H,23,26)(H,24,25)/b16-10+/t14-,17-/m0/s1. The maximum Gasteiger partial charge on any atom is 0.341 e. The first-order chi connectivity index (χ1) is 13.4. The van der Waals surface area contributed by atoms with Crippen molar-refractivity contribution in [1.29, 1.82) is 5.26 Å². The first-order valence-corrected chi connectivity index (χ1v) is 9.48. The van der Waals surface area contributed by atoms with Crippen LogP contribution >= 0.6 is 0 Å². The predicted molar refractivity (Wildman–Crippen MR) is 104 cm³/mol. The van der Waals surface area contributed by atoms with Gasteiger partial charge in [0.1, 0.15) is 11.6 Å². The van der Waals surface area contributed by atoms with Gasteiger partial charge in [-0.3, -0.25) is 4.79 Å². The second-order valence-corrected chi connectivity index (χ2v) is 6.83. The van der Waals surface area contributed by atoms with E-state index in [1.165, 1.54) is 12.5 Å². The Kier molecular flexibility index (Phi) is 7.88. The number of carboxylic acids is 1. The van der Waals surface area contributed by atoms with Crippen LogP contribution in [0.1, 0.15) is 45.1 Å². The highest BCUT2D eigenvalue weighted by molar-refractivity contribution is 6.01. The van der Waals surface area contributed by atoms with Gasteiger partial charge in [-0.2, -0.15) is 5.26 Å². The Bertz CT molecular complexity index is 781. The molecule has 150 valence electrons. The van der Waals surface area contributed by atoms with Gasteiger partial charge < -0.3 is 19.9 Å². The number of amides is 1. The fourth-order valence-electron chi connectivity index (χ4n) is 3.23. The summed E-state index contributed by atoms with van der Waals surface area (Å²) in [5.41, 5.74) is 0.606. The number of aliphatic carboxylic acids is 1. The highest BCUT2D eigenvalue weighted by Crippen LogP contribution is 2.29. The molecule has 0 heterocycles. The molecule has 0 bridgehead atoms. The van der Waals surface area contributed by atoms with Crippen molar-refractivity contribution in [2.45, 2.75) is 45.6 Å². The molecule has 1 aromatic rings. The molecule has 1 fully saturated rings. The van der Waals surface area contributed by atoms with E-state index in [2.05, 4.69) is 12.2 Å². The Morgan fingerprint density at radius 1 is 1.29 bits per heavy atom. The molecular weight excluding hydrogens is 360 g/mol. The van der Waals surface area contributed by atoms with Crippen LogP contribution in [0.15, 0.2) is 23.8 Å². The van der Waals surface area contributed by atoms with E-state index in [0.29, 0.717) is 29.6 Å². The lowest BCUT2D eigenvalue weighted by Gasteiger charge is -2.29. The van der Waals surface area contributed by atoms with Gasteiger partial charge in [0.25, 0.3) is 5.91 Å². The van der Waals surface area contributed by atoms with Gasteiger partial charge in [0, 0.05) is 6.04 Å². The van der Waals surface area contributed by atoms with Crippen LogP contribution in [0.3, 0.4) is 0 Å². The summed E-state index contributed by atoms with van der Waals surface area (Å²) in [6.45, 7) is 3.79. The summed E-state index contributed by atoms with van der Waals surface area (Å²) in [6, 6.07) is 6.88. The Hall–Kier alpha value is -3.01. The maximum absolute atomic E-state index is 12.5. The monoisotopic (exact) mass is 386 g/mol. The molecule has 1 aromatic carbocycles. The number of hydrogen-bond donors (Lipinski definition) is 2. The van der Waals surface area contributed by atoms with Crippen molar-refractivity contribution in [1.82, 2.24) is 5.32 Å². The van der Waals surface area contributed by atoms with Crippen molar-refractivity contribution >= 4 is 18.0 Å². The van der Waals surface area contributed by atoms with Gasteiger partial charge in [-0.1, -0.05) is 25.8 Å². The Balaban J connectivity index is 2.17. The van der Waals surface area contributed by atoms with Crippen molar-refractivity contribution in [3.63, 3.8) is 0 Å². The molecule has 0 spiro atoms. The van der Waals surface area contributed by atoms with Crippen molar-refractivity contribution < 1.29 is 24.2 Å². The molecule has 2 atom stereocenters. The topological polar surface area (TPSA) is 109 Å². The van der Waals surface area contributed by atoms with E-state index >= 15 is 0 Å². The second kappa shape index (κ2) is 10.4. The lowest BCUT2D eigenvalue weighted by Crippen LogP contribution is -2.41. The minimum atomic E-state index is -1.09. The van der Waals surface area contributed by atoms with Crippen LogP contribution in [0.2, 0.25) is 0 Å². The molecular formula is C21H26N2O5. The number of carbonyl (C=O) groups excluding carboxylic acids is 1. The molecule has 2 N–H and O–H groups in total. The van der Waals surface area contributed by atoms with E-state index in [0.717, 1.165) is 19.3 Å². The molecule has 0 aromatic heterocycles. The van der Waals surface area contributed by atoms with Crippen LogP contribution in [-0.2, 0) is 9.59 Å². The second-order valence-electron chi connectivity index (χ2n) is 6.83. The number of carbonyl (C=O) groups is 2. The molecule has 7 heteroatoms. The molecule has 0 unspecified atom stereocenters. The summed E-state index contributed by atoms with van der Waals surface area (Å²) in [6.07, 6.45) is 5.75. The molecule has 0 saturated heterocycles. The van der Waals surface area contributed by atoms with Gasteiger partial charge in [0.15, 0.2) is 18.1 Å². The first-order valence-electron chi connectivity index (χ1n) is 9.48. The highest BCUT2D eigenvalue weighted by Gasteiger charge is 2.24. The van der Waals surface area contributed by atoms with Gasteiger partial charge in [-0.15, -0.1) is 0 Å². The average molecular weight is 386 g/mol. The molecule has 0 radical (unpaired) electrons. The normalized spacial score (nSPS) is 19.4. The summed E-state index contributed by atoms with van der Waals surface area (Å²) in [4.78, 5) is 23.2. The van der Waals surface area contributed by atoms with Crippen molar-refractivity contribution in [3.8, 4) is 17.6 Å². The SMILES string of the molecule is CCOc1cc(/C=C(\C#N)C(=O)N[C@H]2CCCC[C@@H]2C)ccc1OCC(=O)O. The molecule has 1 aliphatic rings. The van der Waals surface area contributed by atoms with E-state index < -0.39 is 12.6 Å². The van der Waals surface area contributed by atoms with Gasteiger partial charge >= 0.3 is 5.97 Å². The molecule has 1 amide bonds. The zero-order valence-electron chi connectivity index (χ0n) is 16.2. The lowest BCUT2D eigenvalue weighted by molar-refractivity contribution is -0.139. The fourth-order valence-corrected chi connectivity index (χ4v) is 3.23. The summed E-state index contributed by atoms with van der Waals surface area (Å²) in [5, 5.41) is 21.2. The zero-order valence-corrected chi connectivity index (χ0v) is 16.2. The number of carboxylic acid groups (broad SMARTS) is 1. The number of benzene rings is 1. The average Bonchev–Trinajstić information content (AvgIpc) is 2.67. The fraction of sp³-hybridized carbons (Fsp3) is 0.476. The van der Waals surface area contributed by atoms with Gasteiger partial charge in [0.05, 0.1) is 6.61 Å². The highest BCUT2D eigenvalue weighted by atomic mass is 16.5. The Morgan fingerprint density at radius 3 is 2.68 bits per heavy atom. The molecule has 2 rings (SSSR count). The van der Waals surface area contributed by atoms with Gasteiger partial charge in [-0.05, 0) is 49.5 Å². The van der Waals surface area contributed by atoms with Crippen molar-refractivity contribution in [2.75, 3.05) is 13.2 Å². The number of nitriles is 1. The van der Waals surface area contributed by atoms with E-state index in [4.69, 9.17) is 14.6 Å². The minimum Gasteiger partial charge on any atom is -0.490 e. The van der Waals surface area contributed by atoms with Crippen LogP contribution in [0.4, 0.5) is 0 Å². The van der Waals surface area contributed by atoms with E-state index in [1.807, 2.05) is 6.07 Å². The first kappa shape index (κ1) is 21.3. The molecule has 0 aliphatic heterocycles. The van der Waals surface area contributed by atoms with Crippen LogP contribution in [-0.4, -0.2) is 36.2 Å². The van der Waals surface area contributed by atoms with E-state index in [-0.39, 0.29) is 17.5 Å². The Labute approximate surface area is 164 Å². The van der Waals surface area contributed by atoms with Gasteiger partial charge in [0.2, 0.25) is 0 Å². The number of ether oxygens (including phenoxy) is 2. The third kappa shape index (κ3) is 6.02. The number of nitrogens with zero attached hydrogens (tertiary/aromatic N) is 1. The van der Waals surface area contributed by atoms with Crippen LogP contribution in [0, 0.1) is 17.2 Å². The molecule has 1 aliphatic carbocycles. The summed E-state index contributed by atoms with van der Waals surface area (Å²) >= 11 is 0. The van der Waals surface area contributed by atoms with E-state index in [1.54, 1.807) is 25.1 Å². The van der Waals surface area contributed by atoms with Crippen LogP contribution < -0.4 is 14.8 Å². The smallest absolute Gasteiger partial charge is 0.341 e. The largest absolute Gasteiger partial charge is 0.490 e. The summed E-state index contributed by atoms with van der Waals surface area (Å²) < 4.78 is 10.7. The number of hydrogen-bond acceptors (Lipinski definition) is 5.